The van der Waals surface area contributed by atoms with E-state index >= 15 is 0 Å². The van der Waals surface area contributed by atoms with Crippen molar-refractivity contribution in [3.05, 3.63) is 0 Å². The van der Waals surface area contributed by atoms with E-state index in [0.717, 1.165) is 0 Å². The third-order valence-corrected chi connectivity index (χ3v) is 0. The van der Waals surface area contributed by atoms with Crippen LogP contribution in [0.25, 0.3) is 0 Å². The van der Waals surface area contributed by atoms with Gasteiger partial charge in [0.1, 0.15) is 0 Å². The van der Waals surface area contributed by atoms with E-state index in [0.29, 0.717) is 19.8 Å². The first-order valence-electron chi connectivity index (χ1n) is 0.167. The number of hydrogen-bond acceptors (Lipinski definition) is 1. The van der Waals surface area contributed by atoms with Gasteiger partial charge in [-0.1, -0.05) is 0 Å². The van der Waals surface area contributed by atoms with Crippen molar-refractivity contribution < 1.29 is 44.9 Å². The summed E-state index contributed by atoms with van der Waals surface area (Å²) >= 11 is 0.333. The summed E-state index contributed by atoms with van der Waals surface area (Å²) in [5.41, 5.74) is 0. The van der Waals surface area contributed by atoms with Gasteiger partial charge in [0.05, 0.1) is 0 Å². The van der Waals surface area contributed by atoms with E-state index in [-0.39, 0.29) is 32.7 Å². The number of hydrogen-bond donors (Lipinski definition) is 0. The molecule has 0 spiro atoms. The molecule has 0 aliphatic carbocycles. The third-order valence-electron chi connectivity index (χ3n) is 0. The van der Waals surface area contributed by atoms with E-state index in [1.807, 2.05) is 0 Å². The monoisotopic (exact) mass is 276 g/mol. The average Bonchev–Trinajstić information content (AvgIpc) is 1.00. The Morgan fingerprint density at radius 3 is 1.25 bits per heavy atom. The first-order valence-corrected chi connectivity index (χ1v) is 1.36. The van der Waals surface area contributed by atoms with Crippen LogP contribution < -0.4 is 0 Å². The van der Waals surface area contributed by atoms with Gasteiger partial charge >= 0.3 is 23.2 Å². The van der Waals surface area contributed by atoms with Gasteiger partial charge < -0.3 is 0 Å². The smallest absolute Gasteiger partial charge is 0 e. The topological polar surface area (TPSA) is 17.1 Å². The second kappa shape index (κ2) is 25.6. The Morgan fingerprint density at radius 1 is 1.25 bits per heavy atom. The normalized spacial score (nSPS) is 1.00. The summed E-state index contributed by atoms with van der Waals surface area (Å²) in [6.07, 6.45) is 0. The largest absolute Gasteiger partial charge is 0 e. The van der Waals surface area contributed by atoms with Gasteiger partial charge in [0, 0.05) is 32.7 Å². The molecule has 4 radical (unpaired) electrons. The Hall–Kier alpha value is 1.42. The zero-order valence-electron chi connectivity index (χ0n) is 1.82. The molecule has 0 amide bonds. The van der Waals surface area contributed by atoms with Crippen molar-refractivity contribution in [3.8, 4) is 0 Å². The molecule has 20 valence electrons. The standard InChI is InChI=1S/O.Si.Ti.W. The van der Waals surface area contributed by atoms with E-state index in [1.54, 1.807) is 0 Å². The maximum Gasteiger partial charge on any atom is 0 e. The zero-order chi connectivity index (χ0) is 2.00. The maximum absolute atomic E-state index is 8.33. The van der Waals surface area contributed by atoms with E-state index < -0.39 is 0 Å². The van der Waals surface area contributed by atoms with Gasteiger partial charge in [0.25, 0.3) is 0 Å². The molecule has 0 unspecified atom stereocenters. The van der Waals surface area contributed by atoms with E-state index in [1.165, 1.54) is 0 Å². The fourth-order valence-electron chi connectivity index (χ4n) is 0. The van der Waals surface area contributed by atoms with Crippen LogP contribution in [0.2, 0.25) is 0 Å². The molecule has 0 aromatic carbocycles. The Kier molecular flexibility index (Phi) is 116. The Bertz CT molecular complexity index is 8.00. The minimum absolute atomic E-state index is 0. The molecule has 0 saturated heterocycles. The van der Waals surface area contributed by atoms with Crippen LogP contribution in [-0.2, 0) is 44.9 Å². The van der Waals surface area contributed by atoms with Gasteiger partial charge in [0.15, 0.2) is 0 Å². The molecule has 0 aromatic rings. The summed E-state index contributed by atoms with van der Waals surface area (Å²) in [6, 6.07) is 0. The van der Waals surface area contributed by atoms with E-state index in [2.05, 4.69) is 0 Å². The van der Waals surface area contributed by atoms with Gasteiger partial charge in [-0.3, -0.25) is 0 Å². The third kappa shape index (κ3) is 9.93. The van der Waals surface area contributed by atoms with E-state index in [4.69, 9.17) is 3.40 Å². The summed E-state index contributed by atoms with van der Waals surface area (Å²) in [5.74, 6) is 0. The quantitative estimate of drug-likeness (QED) is 0.545. The molecule has 0 heterocycles. The maximum atomic E-state index is 8.33. The van der Waals surface area contributed by atoms with Crippen LogP contribution in [0.1, 0.15) is 0 Å². The van der Waals surface area contributed by atoms with Crippen molar-refractivity contribution in [1.29, 1.82) is 0 Å². The second-order valence-corrected chi connectivity index (χ2v) is 0. The summed E-state index contributed by atoms with van der Waals surface area (Å²) in [4.78, 5) is 0. The van der Waals surface area contributed by atoms with Crippen molar-refractivity contribution in [2.45, 2.75) is 0 Å². The Morgan fingerprint density at radius 2 is 1.25 bits per heavy atom. The summed E-state index contributed by atoms with van der Waals surface area (Å²) in [6.45, 7) is 0. The molecule has 0 aliphatic heterocycles. The second-order valence-electron chi connectivity index (χ2n) is 0. The fraction of sp³-hybridized carbons (Fsp3) is 0. The van der Waals surface area contributed by atoms with Crippen LogP contribution in [0.3, 0.4) is 0 Å². The average molecular weight is 276 g/mol. The van der Waals surface area contributed by atoms with Crippen molar-refractivity contribution in [3.63, 3.8) is 0 Å². The summed E-state index contributed by atoms with van der Waals surface area (Å²) in [7, 11) is 0. The molecule has 0 saturated carbocycles. The molecule has 0 rings (SSSR count). The molecule has 1 nitrogen and oxygen atoms in total. The van der Waals surface area contributed by atoms with Crippen LogP contribution in [0.4, 0.5) is 0 Å². The zero-order valence-corrected chi connectivity index (χ0v) is 7.31. The Balaban J connectivity index is -0.00000000500. The van der Waals surface area contributed by atoms with Gasteiger partial charge in [-0.05, 0) is 0 Å². The first-order chi connectivity index (χ1) is 1.00. The molecular formula is OSiTiW. The van der Waals surface area contributed by atoms with Crippen LogP contribution in [-0.4, -0.2) is 11.0 Å². The summed E-state index contributed by atoms with van der Waals surface area (Å²) in [5, 5.41) is 0. The molecule has 4 heavy (non-hydrogen) atoms. The molecule has 4 heteroatoms. The van der Waals surface area contributed by atoms with Crippen LogP contribution in [0, 0.1) is 0 Å². The molecule has 0 bridgehead atoms. The number of rotatable bonds is 0. The molecule has 0 fully saturated rings. The molecule has 0 atom stereocenters. The van der Waals surface area contributed by atoms with Crippen molar-refractivity contribution >= 4 is 11.0 Å². The van der Waals surface area contributed by atoms with Gasteiger partial charge in [-0.25, -0.2) is 0 Å². The van der Waals surface area contributed by atoms with E-state index in [9.17, 15) is 0 Å². The first kappa shape index (κ1) is 18.1. The van der Waals surface area contributed by atoms with Crippen molar-refractivity contribution in [1.82, 2.24) is 0 Å². The van der Waals surface area contributed by atoms with Crippen LogP contribution in [0.15, 0.2) is 0 Å². The summed E-state index contributed by atoms with van der Waals surface area (Å²) < 4.78 is 8.33. The molecular weight excluding hydrogens is 276 g/mol. The molecule has 0 N–H and O–H groups in total. The molecule has 0 aromatic heterocycles. The predicted molar refractivity (Wildman–Crippen MR) is 6.44 cm³/mol. The minimum atomic E-state index is 0. The predicted octanol–water partition coefficient (Wildman–Crippen LogP) is -0.505. The van der Waals surface area contributed by atoms with Gasteiger partial charge in [-0.15, -0.1) is 0 Å². The van der Waals surface area contributed by atoms with Crippen LogP contribution >= 0.6 is 0 Å². The minimum Gasteiger partial charge on any atom is 0 e. The Labute approximate surface area is 55.7 Å². The van der Waals surface area contributed by atoms with Crippen LogP contribution in [0.5, 0.6) is 0 Å². The van der Waals surface area contributed by atoms with Gasteiger partial charge in [-0.2, -0.15) is 0 Å². The van der Waals surface area contributed by atoms with Crippen molar-refractivity contribution in [2.24, 2.45) is 0 Å². The van der Waals surface area contributed by atoms with Gasteiger partial charge in [0.2, 0.25) is 0 Å². The fourth-order valence-corrected chi connectivity index (χ4v) is 0. The van der Waals surface area contributed by atoms with Crippen molar-refractivity contribution in [2.75, 3.05) is 0 Å². The SMILES string of the molecule is [O]=[W].[Si].[Ti]. The molecule has 0 aliphatic rings.